The van der Waals surface area contributed by atoms with Crippen LogP contribution in [0.15, 0.2) is 0 Å². The van der Waals surface area contributed by atoms with E-state index in [9.17, 15) is 20.1 Å². The third-order valence-electron chi connectivity index (χ3n) is 2.83. The van der Waals surface area contributed by atoms with E-state index < -0.39 is 42.7 Å². The molecule has 0 bridgehead atoms. The molecule has 1 aromatic rings. The van der Waals surface area contributed by atoms with Gasteiger partial charge in [-0.3, -0.25) is 9.89 Å². The molecule has 1 fully saturated rings. The van der Waals surface area contributed by atoms with Crippen molar-refractivity contribution in [2.45, 2.75) is 24.4 Å². The number of aromatic hydroxyl groups is 1. The number of carbonyl (C=O) groups excluding carboxylic acids is 1. The van der Waals surface area contributed by atoms with Gasteiger partial charge < -0.3 is 30.9 Å². The highest BCUT2D eigenvalue weighted by Gasteiger charge is 2.45. The molecule has 2 rings (SSSR count). The van der Waals surface area contributed by atoms with Gasteiger partial charge in [0, 0.05) is 0 Å². The van der Waals surface area contributed by atoms with E-state index in [4.69, 9.17) is 15.6 Å². The highest BCUT2D eigenvalue weighted by Crippen LogP contribution is 2.37. The molecule has 1 aliphatic rings. The summed E-state index contributed by atoms with van der Waals surface area (Å²) in [6.07, 6.45) is -4.83. The molecule has 100 valence electrons. The van der Waals surface area contributed by atoms with Crippen LogP contribution in [0.4, 0.5) is 0 Å². The molecule has 0 aliphatic carbocycles. The Balaban J connectivity index is 2.30. The number of hydrogen-bond acceptors (Lipinski definition) is 7. The van der Waals surface area contributed by atoms with Crippen molar-refractivity contribution in [1.29, 1.82) is 0 Å². The van der Waals surface area contributed by atoms with Crippen LogP contribution in [0, 0.1) is 0 Å². The standard InChI is InChI=1S/C9H13N3O6/c10-9(17)4-6(15)3(11-12-4)8-7(16)5(14)2(1-13)18-8/h2,5,7-8,13-16H,1H2,(H2,10,17)(H,11,12)/t2-,5-,7+,8+/m1/s1. The van der Waals surface area contributed by atoms with Gasteiger partial charge in [-0.2, -0.15) is 5.10 Å². The fourth-order valence-electron chi connectivity index (χ4n) is 1.85. The van der Waals surface area contributed by atoms with Crippen LogP contribution >= 0.6 is 0 Å². The summed E-state index contributed by atoms with van der Waals surface area (Å²) in [7, 11) is 0. The first-order valence-electron chi connectivity index (χ1n) is 5.16. The molecule has 7 N–H and O–H groups in total. The van der Waals surface area contributed by atoms with Crippen molar-refractivity contribution in [1.82, 2.24) is 10.2 Å². The number of amides is 1. The summed E-state index contributed by atoms with van der Waals surface area (Å²) in [5, 5.41) is 43.7. The second kappa shape index (κ2) is 4.53. The Labute approximate surface area is 101 Å². The molecule has 1 amide bonds. The van der Waals surface area contributed by atoms with Gasteiger partial charge in [-0.1, -0.05) is 0 Å². The minimum atomic E-state index is -1.38. The van der Waals surface area contributed by atoms with Crippen LogP contribution in [-0.2, 0) is 4.74 Å². The first-order valence-corrected chi connectivity index (χ1v) is 5.16. The zero-order valence-electron chi connectivity index (χ0n) is 9.15. The number of nitrogens with one attached hydrogen (secondary N) is 1. The molecular formula is C9H13N3O6. The monoisotopic (exact) mass is 259 g/mol. The Kier molecular flexibility index (Phi) is 3.22. The lowest BCUT2D eigenvalue weighted by Crippen LogP contribution is -2.32. The summed E-state index contributed by atoms with van der Waals surface area (Å²) < 4.78 is 5.15. The highest BCUT2D eigenvalue weighted by atomic mass is 16.6. The number of aliphatic hydroxyl groups is 3. The summed E-state index contributed by atoms with van der Waals surface area (Å²) in [5.74, 6) is -1.46. The minimum Gasteiger partial charge on any atom is -0.504 e. The first-order chi connectivity index (χ1) is 8.47. The SMILES string of the molecule is NC(=O)c1[nH]nc([C@@H]2O[C@H](CO)[C@@H](O)[C@@H]2O)c1O. The molecule has 0 saturated carbocycles. The maximum Gasteiger partial charge on any atom is 0.270 e. The zero-order chi connectivity index (χ0) is 13.4. The average Bonchev–Trinajstić information content (AvgIpc) is 2.82. The molecule has 0 radical (unpaired) electrons. The van der Waals surface area contributed by atoms with Crippen molar-refractivity contribution in [3.63, 3.8) is 0 Å². The second-order valence-corrected chi connectivity index (χ2v) is 3.96. The lowest BCUT2D eigenvalue weighted by atomic mass is 10.1. The summed E-state index contributed by atoms with van der Waals surface area (Å²) in [5.41, 5.74) is 4.52. The van der Waals surface area contributed by atoms with Crippen molar-refractivity contribution in [3.05, 3.63) is 11.4 Å². The molecule has 0 spiro atoms. The average molecular weight is 259 g/mol. The van der Waals surface area contributed by atoms with Crippen LogP contribution in [0.25, 0.3) is 0 Å². The van der Waals surface area contributed by atoms with Crippen LogP contribution in [-0.4, -0.2) is 61.4 Å². The number of aliphatic hydroxyl groups excluding tert-OH is 3. The summed E-state index contributed by atoms with van der Waals surface area (Å²) in [4.78, 5) is 10.9. The van der Waals surface area contributed by atoms with Gasteiger partial charge >= 0.3 is 0 Å². The maximum atomic E-state index is 10.9. The topological polar surface area (TPSA) is 162 Å². The van der Waals surface area contributed by atoms with E-state index in [2.05, 4.69) is 10.2 Å². The Morgan fingerprint density at radius 3 is 2.56 bits per heavy atom. The van der Waals surface area contributed by atoms with Gasteiger partial charge in [-0.05, 0) is 0 Å². The van der Waals surface area contributed by atoms with E-state index in [0.717, 1.165) is 0 Å². The number of rotatable bonds is 3. The third-order valence-corrected chi connectivity index (χ3v) is 2.83. The summed E-state index contributed by atoms with van der Waals surface area (Å²) >= 11 is 0. The predicted octanol–water partition coefficient (Wildman–Crippen LogP) is -2.63. The Morgan fingerprint density at radius 2 is 2.11 bits per heavy atom. The molecule has 1 aliphatic heterocycles. The molecule has 9 heteroatoms. The summed E-state index contributed by atoms with van der Waals surface area (Å²) in [6.45, 7) is -0.497. The van der Waals surface area contributed by atoms with Gasteiger partial charge in [0.1, 0.15) is 30.1 Å². The van der Waals surface area contributed by atoms with Crippen molar-refractivity contribution < 1.29 is 30.0 Å². The van der Waals surface area contributed by atoms with Crippen LogP contribution in [0.3, 0.4) is 0 Å². The number of hydrogen-bond donors (Lipinski definition) is 6. The largest absolute Gasteiger partial charge is 0.504 e. The molecule has 0 unspecified atom stereocenters. The minimum absolute atomic E-state index is 0.147. The predicted molar refractivity (Wildman–Crippen MR) is 55.5 cm³/mol. The van der Waals surface area contributed by atoms with Crippen LogP contribution in [0.2, 0.25) is 0 Å². The lowest BCUT2D eigenvalue weighted by Gasteiger charge is -2.12. The number of aromatic amines is 1. The number of primary amides is 1. The van der Waals surface area contributed by atoms with Crippen molar-refractivity contribution in [3.8, 4) is 5.75 Å². The van der Waals surface area contributed by atoms with Crippen molar-refractivity contribution in [2.24, 2.45) is 5.73 Å². The lowest BCUT2D eigenvalue weighted by molar-refractivity contribution is -0.0245. The van der Waals surface area contributed by atoms with Gasteiger partial charge in [0.05, 0.1) is 6.61 Å². The van der Waals surface area contributed by atoms with Crippen LogP contribution < -0.4 is 5.73 Å². The van der Waals surface area contributed by atoms with Gasteiger partial charge in [0.25, 0.3) is 5.91 Å². The molecule has 18 heavy (non-hydrogen) atoms. The third kappa shape index (κ3) is 1.82. The normalized spacial score (nSPS) is 31.7. The fraction of sp³-hybridized carbons (Fsp3) is 0.556. The number of aromatic nitrogens is 2. The number of H-pyrrole nitrogens is 1. The van der Waals surface area contributed by atoms with Gasteiger partial charge in [-0.25, -0.2) is 0 Å². The fourth-order valence-corrected chi connectivity index (χ4v) is 1.85. The van der Waals surface area contributed by atoms with E-state index in [1.165, 1.54) is 0 Å². The molecule has 9 nitrogen and oxygen atoms in total. The van der Waals surface area contributed by atoms with Crippen molar-refractivity contribution in [2.75, 3.05) is 6.61 Å². The molecule has 0 aromatic carbocycles. The van der Waals surface area contributed by atoms with Crippen LogP contribution in [0.1, 0.15) is 22.3 Å². The number of nitrogens with two attached hydrogens (primary N) is 1. The van der Waals surface area contributed by atoms with Gasteiger partial charge in [-0.15, -0.1) is 0 Å². The molecule has 2 heterocycles. The Hall–Kier alpha value is -1.68. The molecule has 4 atom stereocenters. The molecule has 1 aromatic heterocycles. The van der Waals surface area contributed by atoms with E-state index in [1.807, 2.05) is 0 Å². The zero-order valence-corrected chi connectivity index (χ0v) is 9.15. The molecular weight excluding hydrogens is 246 g/mol. The second-order valence-electron chi connectivity index (χ2n) is 3.96. The van der Waals surface area contributed by atoms with Gasteiger partial charge in [0.15, 0.2) is 11.4 Å². The molecule has 1 saturated heterocycles. The first kappa shape index (κ1) is 12.8. The van der Waals surface area contributed by atoms with E-state index in [-0.39, 0.29) is 11.4 Å². The van der Waals surface area contributed by atoms with Gasteiger partial charge in [0.2, 0.25) is 0 Å². The highest BCUT2D eigenvalue weighted by molar-refractivity contribution is 5.93. The smallest absolute Gasteiger partial charge is 0.270 e. The maximum absolute atomic E-state index is 10.9. The van der Waals surface area contributed by atoms with E-state index in [0.29, 0.717) is 0 Å². The Bertz CT molecular complexity index is 461. The van der Waals surface area contributed by atoms with Crippen LogP contribution in [0.5, 0.6) is 5.75 Å². The number of nitrogens with zero attached hydrogens (tertiary/aromatic N) is 1. The van der Waals surface area contributed by atoms with E-state index in [1.54, 1.807) is 0 Å². The number of ether oxygens (including phenoxy) is 1. The number of carbonyl (C=O) groups is 1. The van der Waals surface area contributed by atoms with Crippen molar-refractivity contribution >= 4 is 5.91 Å². The summed E-state index contributed by atoms with van der Waals surface area (Å²) in [6, 6.07) is 0. The Morgan fingerprint density at radius 1 is 1.44 bits per heavy atom. The quantitative estimate of drug-likeness (QED) is 0.346. The van der Waals surface area contributed by atoms with E-state index >= 15 is 0 Å².